The van der Waals surface area contributed by atoms with Crippen molar-refractivity contribution in [1.82, 2.24) is 20.3 Å². The first-order valence-electron chi connectivity index (χ1n) is 7.51. The monoisotopic (exact) mass is 331 g/mol. The van der Waals surface area contributed by atoms with E-state index in [2.05, 4.69) is 25.2 Å². The molecule has 0 aromatic heterocycles. The topological polar surface area (TPSA) is 103 Å². The number of aliphatic imine (C=N–C) groups is 1. The second kappa shape index (κ2) is 6.82. The number of sulfonamides is 1. The van der Waals surface area contributed by atoms with Gasteiger partial charge in [0, 0.05) is 51.6 Å². The summed E-state index contributed by atoms with van der Waals surface area (Å²) in [6.45, 7) is 3.21. The molecular weight excluding hydrogens is 306 g/mol. The lowest BCUT2D eigenvalue weighted by Gasteiger charge is -2.40. The van der Waals surface area contributed by atoms with Gasteiger partial charge in [0.1, 0.15) is 0 Å². The number of rotatable bonds is 4. The van der Waals surface area contributed by atoms with Crippen molar-refractivity contribution in [3.05, 3.63) is 0 Å². The number of hydrogen-bond acceptors (Lipinski definition) is 4. The van der Waals surface area contributed by atoms with Gasteiger partial charge in [-0.15, -0.1) is 0 Å². The van der Waals surface area contributed by atoms with Crippen LogP contribution < -0.4 is 15.4 Å². The minimum absolute atomic E-state index is 0.0119. The lowest BCUT2D eigenvalue weighted by atomic mass is 9.79. The molecule has 1 amide bonds. The lowest BCUT2D eigenvalue weighted by molar-refractivity contribution is -0.119. The summed E-state index contributed by atoms with van der Waals surface area (Å²) >= 11 is 0. The van der Waals surface area contributed by atoms with Crippen LogP contribution in [-0.4, -0.2) is 71.2 Å². The number of nitrogens with one attached hydrogen (secondary N) is 3. The summed E-state index contributed by atoms with van der Waals surface area (Å²) in [7, 11) is -1.45. The quantitative estimate of drug-likeness (QED) is 0.338. The molecule has 22 heavy (non-hydrogen) atoms. The van der Waals surface area contributed by atoms with E-state index in [4.69, 9.17) is 0 Å². The van der Waals surface area contributed by atoms with Crippen LogP contribution in [-0.2, 0) is 14.8 Å². The van der Waals surface area contributed by atoms with Crippen LogP contribution in [0.5, 0.6) is 0 Å². The van der Waals surface area contributed by atoms with Crippen molar-refractivity contribution >= 4 is 21.9 Å². The van der Waals surface area contributed by atoms with Crippen molar-refractivity contribution in [2.75, 3.05) is 46.0 Å². The van der Waals surface area contributed by atoms with Gasteiger partial charge in [0.25, 0.3) is 0 Å². The molecule has 3 N–H and O–H groups in total. The molecule has 9 heteroatoms. The minimum Gasteiger partial charge on any atom is -0.355 e. The van der Waals surface area contributed by atoms with Crippen LogP contribution >= 0.6 is 0 Å². The fourth-order valence-electron chi connectivity index (χ4n) is 3.17. The van der Waals surface area contributed by atoms with Crippen molar-refractivity contribution in [1.29, 1.82) is 0 Å². The summed E-state index contributed by atoms with van der Waals surface area (Å²) in [5.41, 5.74) is 0.0119. The highest BCUT2D eigenvalue weighted by molar-refractivity contribution is 7.88. The molecule has 2 fully saturated rings. The summed E-state index contributed by atoms with van der Waals surface area (Å²) in [6, 6.07) is 0. The van der Waals surface area contributed by atoms with E-state index < -0.39 is 10.0 Å². The van der Waals surface area contributed by atoms with E-state index >= 15 is 0 Å². The molecule has 126 valence electrons. The van der Waals surface area contributed by atoms with Gasteiger partial charge in [-0.05, 0) is 12.8 Å². The zero-order valence-corrected chi connectivity index (χ0v) is 14.0. The van der Waals surface area contributed by atoms with Crippen LogP contribution in [0.4, 0.5) is 0 Å². The summed E-state index contributed by atoms with van der Waals surface area (Å²) in [6.07, 6.45) is 3.79. The first-order valence-corrected chi connectivity index (χ1v) is 9.40. The molecule has 2 heterocycles. The third kappa shape index (κ3) is 4.57. The molecule has 0 aromatic rings. The number of nitrogens with zero attached hydrogens (tertiary/aromatic N) is 2. The van der Waals surface area contributed by atoms with Crippen molar-refractivity contribution in [3.63, 3.8) is 0 Å². The maximum atomic E-state index is 11.5. The van der Waals surface area contributed by atoms with Gasteiger partial charge in [-0.25, -0.2) is 13.1 Å². The number of likely N-dealkylation sites (tertiary alicyclic amines) is 1. The first kappa shape index (κ1) is 17.0. The Morgan fingerprint density at radius 2 is 2.23 bits per heavy atom. The maximum Gasteiger partial charge on any atom is 0.220 e. The summed E-state index contributed by atoms with van der Waals surface area (Å²) in [5.74, 6) is 0.885. The molecule has 2 rings (SSSR count). The van der Waals surface area contributed by atoms with E-state index in [9.17, 15) is 13.2 Å². The first-order chi connectivity index (χ1) is 10.3. The fourth-order valence-corrected chi connectivity index (χ4v) is 3.64. The number of carbonyl (C=O) groups is 1. The second-order valence-electron chi connectivity index (χ2n) is 6.12. The van der Waals surface area contributed by atoms with E-state index in [0.717, 1.165) is 44.7 Å². The van der Waals surface area contributed by atoms with Crippen LogP contribution in [0.3, 0.4) is 0 Å². The Labute approximate surface area is 131 Å². The Kier molecular flexibility index (Phi) is 5.28. The summed E-state index contributed by atoms with van der Waals surface area (Å²) < 4.78 is 24.5. The van der Waals surface area contributed by atoms with Crippen LogP contribution in [0.2, 0.25) is 0 Å². The molecule has 2 aliphatic rings. The standard InChI is InChI=1S/C13H25N5O3S/c1-14-12(15-5-6-17-22(2,20)21)18-7-3-4-13(10-18)8-11(19)16-9-13/h17H,3-10H2,1-2H3,(H,14,15)(H,16,19). The van der Waals surface area contributed by atoms with Gasteiger partial charge in [0.05, 0.1) is 6.26 Å². The number of carbonyl (C=O) groups excluding carboxylic acids is 1. The molecule has 0 aromatic carbocycles. The van der Waals surface area contributed by atoms with E-state index in [0.29, 0.717) is 19.5 Å². The minimum atomic E-state index is -3.17. The van der Waals surface area contributed by atoms with Crippen molar-refractivity contribution in [2.24, 2.45) is 10.4 Å². The Balaban J connectivity index is 1.87. The summed E-state index contributed by atoms with van der Waals surface area (Å²) in [4.78, 5) is 18.0. The van der Waals surface area contributed by atoms with Gasteiger partial charge in [0.2, 0.25) is 15.9 Å². The molecule has 1 unspecified atom stereocenters. The molecule has 0 saturated carbocycles. The largest absolute Gasteiger partial charge is 0.355 e. The highest BCUT2D eigenvalue weighted by Crippen LogP contribution is 2.35. The smallest absolute Gasteiger partial charge is 0.220 e. The van der Waals surface area contributed by atoms with Crippen molar-refractivity contribution in [2.45, 2.75) is 19.3 Å². The van der Waals surface area contributed by atoms with E-state index in [1.165, 1.54) is 0 Å². The number of guanidine groups is 1. The SMILES string of the molecule is CN=C(NCCNS(C)(=O)=O)N1CCCC2(CNC(=O)C2)C1. The van der Waals surface area contributed by atoms with Gasteiger partial charge < -0.3 is 15.5 Å². The molecule has 0 aliphatic carbocycles. The predicted octanol–water partition coefficient (Wildman–Crippen LogP) is -1.29. The zero-order valence-electron chi connectivity index (χ0n) is 13.2. The van der Waals surface area contributed by atoms with Crippen molar-refractivity contribution < 1.29 is 13.2 Å². The molecule has 0 bridgehead atoms. The van der Waals surface area contributed by atoms with Crippen LogP contribution in [0.25, 0.3) is 0 Å². The fraction of sp³-hybridized carbons (Fsp3) is 0.846. The zero-order chi connectivity index (χ0) is 16.2. The van der Waals surface area contributed by atoms with Crippen LogP contribution in [0, 0.1) is 5.41 Å². The predicted molar refractivity (Wildman–Crippen MR) is 85.1 cm³/mol. The van der Waals surface area contributed by atoms with Gasteiger partial charge in [-0.1, -0.05) is 0 Å². The Morgan fingerprint density at radius 3 is 2.82 bits per heavy atom. The molecule has 2 saturated heterocycles. The Hall–Kier alpha value is -1.35. The van der Waals surface area contributed by atoms with Gasteiger partial charge in [-0.3, -0.25) is 9.79 Å². The lowest BCUT2D eigenvalue weighted by Crippen LogP contribution is -2.52. The second-order valence-corrected chi connectivity index (χ2v) is 7.95. The molecule has 2 aliphatic heterocycles. The van der Waals surface area contributed by atoms with Gasteiger partial charge in [-0.2, -0.15) is 0 Å². The normalized spacial score (nSPS) is 26.4. The van der Waals surface area contributed by atoms with Gasteiger partial charge in [0.15, 0.2) is 5.96 Å². The number of amides is 1. The molecule has 8 nitrogen and oxygen atoms in total. The average molecular weight is 331 g/mol. The maximum absolute atomic E-state index is 11.5. The van der Waals surface area contributed by atoms with E-state index in [1.54, 1.807) is 7.05 Å². The number of piperidine rings is 1. The highest BCUT2D eigenvalue weighted by atomic mass is 32.2. The third-order valence-corrected chi connectivity index (χ3v) is 4.87. The average Bonchev–Trinajstić information content (AvgIpc) is 2.78. The van der Waals surface area contributed by atoms with Gasteiger partial charge >= 0.3 is 0 Å². The molecule has 0 radical (unpaired) electrons. The van der Waals surface area contributed by atoms with Crippen molar-refractivity contribution in [3.8, 4) is 0 Å². The molecular formula is C13H25N5O3S. The van der Waals surface area contributed by atoms with E-state index in [1.807, 2.05) is 0 Å². The van der Waals surface area contributed by atoms with E-state index in [-0.39, 0.29) is 11.3 Å². The third-order valence-electron chi connectivity index (χ3n) is 4.14. The highest BCUT2D eigenvalue weighted by Gasteiger charge is 2.42. The Bertz CT molecular complexity index is 548. The van der Waals surface area contributed by atoms with Crippen LogP contribution in [0.15, 0.2) is 4.99 Å². The Morgan fingerprint density at radius 1 is 1.45 bits per heavy atom. The summed E-state index contributed by atoms with van der Waals surface area (Å²) in [5, 5.41) is 6.10. The van der Waals surface area contributed by atoms with Crippen LogP contribution in [0.1, 0.15) is 19.3 Å². The number of hydrogen-bond donors (Lipinski definition) is 3. The molecule has 1 atom stereocenters. The molecule has 1 spiro atoms.